The zero-order chi connectivity index (χ0) is 22.5. The molecule has 4 aromatic rings. The number of carbonyl (C=O) groups is 1. The molecule has 0 bridgehead atoms. The topological polar surface area (TPSA) is 59.4 Å². The Hall–Kier alpha value is -3.42. The molecule has 6 nitrogen and oxygen atoms in total. The molecule has 2 aromatic heterocycles. The highest BCUT2D eigenvalue weighted by atomic mass is 32.1. The Labute approximate surface area is 192 Å². The number of rotatable bonds is 8. The van der Waals surface area contributed by atoms with Gasteiger partial charge in [-0.1, -0.05) is 36.4 Å². The number of methoxy groups -OCH3 is 1. The van der Waals surface area contributed by atoms with Crippen molar-refractivity contribution < 1.29 is 9.53 Å². The SMILES string of the molecule is COc1cccc([C@@H](CNC(=O)c2cn(-c3ccccc3)nc2-c2cccs2)N(C)C)c1. The number of likely N-dealkylation sites (N-methyl/N-ethyl adjacent to an activating group) is 1. The maximum atomic E-state index is 13.3. The lowest BCUT2D eigenvalue weighted by Gasteiger charge is -2.25. The van der Waals surface area contributed by atoms with Crippen LogP contribution >= 0.6 is 11.3 Å². The summed E-state index contributed by atoms with van der Waals surface area (Å²) in [5.74, 6) is 0.648. The van der Waals surface area contributed by atoms with E-state index in [-0.39, 0.29) is 11.9 Å². The zero-order valence-corrected chi connectivity index (χ0v) is 19.2. The Bertz CT molecular complexity index is 1170. The van der Waals surface area contributed by atoms with Crippen LogP contribution in [0.15, 0.2) is 78.3 Å². The summed E-state index contributed by atoms with van der Waals surface area (Å²) in [6, 6.07) is 21.7. The van der Waals surface area contributed by atoms with Gasteiger partial charge < -0.3 is 15.0 Å². The minimum Gasteiger partial charge on any atom is -0.497 e. The van der Waals surface area contributed by atoms with Crippen molar-refractivity contribution in [2.75, 3.05) is 27.7 Å². The summed E-state index contributed by atoms with van der Waals surface area (Å²) in [5.41, 5.74) is 3.23. The van der Waals surface area contributed by atoms with E-state index in [1.54, 1.807) is 29.3 Å². The lowest BCUT2D eigenvalue weighted by Crippen LogP contribution is -2.34. The number of carbonyl (C=O) groups excluding carboxylic acids is 1. The summed E-state index contributed by atoms with van der Waals surface area (Å²) in [7, 11) is 5.66. The Balaban J connectivity index is 1.60. The van der Waals surface area contributed by atoms with Crippen molar-refractivity contribution in [1.29, 1.82) is 0 Å². The molecule has 0 saturated carbocycles. The molecule has 0 spiro atoms. The first kappa shape index (κ1) is 21.8. The standard InChI is InChI=1S/C25H26N4O2S/c1-28(2)22(18-9-7-12-20(15-18)31-3)16-26-25(30)21-17-29(19-10-5-4-6-11-19)27-24(21)23-13-8-14-32-23/h4-15,17,22H,16H2,1-3H3,(H,26,30)/t22-/m1/s1. The fourth-order valence-corrected chi connectivity index (χ4v) is 4.30. The predicted molar refractivity (Wildman–Crippen MR) is 129 cm³/mol. The number of amides is 1. The van der Waals surface area contributed by atoms with Gasteiger partial charge in [0, 0.05) is 12.7 Å². The van der Waals surface area contributed by atoms with Crippen molar-refractivity contribution in [2.45, 2.75) is 6.04 Å². The van der Waals surface area contributed by atoms with Crippen LogP contribution in [0, 0.1) is 0 Å². The average molecular weight is 447 g/mol. The third kappa shape index (κ3) is 4.74. The van der Waals surface area contributed by atoms with E-state index in [4.69, 9.17) is 9.84 Å². The molecule has 2 heterocycles. The minimum absolute atomic E-state index is 0.00315. The molecule has 2 aromatic carbocycles. The summed E-state index contributed by atoms with van der Waals surface area (Å²) >= 11 is 1.57. The fourth-order valence-electron chi connectivity index (χ4n) is 3.58. The maximum absolute atomic E-state index is 13.3. The van der Waals surface area contributed by atoms with Crippen molar-refractivity contribution >= 4 is 17.2 Å². The second kappa shape index (κ2) is 9.80. The molecule has 4 rings (SSSR count). The van der Waals surface area contributed by atoms with Crippen LogP contribution in [-0.4, -0.2) is 48.3 Å². The molecule has 0 radical (unpaired) electrons. The predicted octanol–water partition coefficient (Wildman–Crippen LogP) is 4.64. The molecule has 1 atom stereocenters. The van der Waals surface area contributed by atoms with Crippen LogP contribution in [0.5, 0.6) is 5.75 Å². The Morgan fingerprint density at radius 2 is 1.94 bits per heavy atom. The van der Waals surface area contributed by atoms with Gasteiger partial charge in [-0.3, -0.25) is 4.79 Å². The van der Waals surface area contributed by atoms with E-state index >= 15 is 0 Å². The Kier molecular flexibility index (Phi) is 6.68. The molecule has 0 aliphatic carbocycles. The third-order valence-corrected chi connectivity index (χ3v) is 6.17. The second-order valence-corrected chi connectivity index (χ2v) is 8.56. The number of nitrogens with one attached hydrogen (secondary N) is 1. The van der Waals surface area contributed by atoms with Gasteiger partial charge in [-0.05, 0) is 55.4 Å². The van der Waals surface area contributed by atoms with Crippen molar-refractivity contribution in [3.8, 4) is 22.0 Å². The normalized spacial score (nSPS) is 12.0. The number of ether oxygens (including phenoxy) is 1. The van der Waals surface area contributed by atoms with Crippen LogP contribution in [0.25, 0.3) is 16.3 Å². The van der Waals surface area contributed by atoms with Crippen LogP contribution < -0.4 is 10.1 Å². The van der Waals surface area contributed by atoms with Crippen LogP contribution in [0.1, 0.15) is 22.0 Å². The van der Waals surface area contributed by atoms with Crippen molar-refractivity contribution in [1.82, 2.24) is 20.0 Å². The van der Waals surface area contributed by atoms with Crippen molar-refractivity contribution in [2.24, 2.45) is 0 Å². The highest BCUT2D eigenvalue weighted by molar-refractivity contribution is 7.13. The lowest BCUT2D eigenvalue weighted by atomic mass is 10.1. The van der Waals surface area contributed by atoms with Gasteiger partial charge >= 0.3 is 0 Å². The van der Waals surface area contributed by atoms with Crippen LogP contribution in [0.2, 0.25) is 0 Å². The smallest absolute Gasteiger partial charge is 0.255 e. The first-order valence-electron chi connectivity index (χ1n) is 10.3. The molecular weight excluding hydrogens is 420 g/mol. The molecule has 164 valence electrons. The summed E-state index contributed by atoms with van der Waals surface area (Å²) in [5, 5.41) is 9.83. The van der Waals surface area contributed by atoms with E-state index in [9.17, 15) is 4.79 Å². The number of hydrogen-bond acceptors (Lipinski definition) is 5. The number of nitrogens with zero attached hydrogens (tertiary/aromatic N) is 3. The summed E-state index contributed by atoms with van der Waals surface area (Å²) in [6.07, 6.45) is 1.80. The van der Waals surface area contributed by atoms with Gasteiger partial charge in [0.05, 0.1) is 29.3 Å². The second-order valence-electron chi connectivity index (χ2n) is 7.61. The van der Waals surface area contributed by atoms with Gasteiger partial charge in [-0.25, -0.2) is 4.68 Å². The molecule has 0 aliphatic heterocycles. The maximum Gasteiger partial charge on any atom is 0.255 e. The third-order valence-electron chi connectivity index (χ3n) is 5.29. The highest BCUT2D eigenvalue weighted by Gasteiger charge is 2.22. The van der Waals surface area contributed by atoms with Gasteiger partial charge in [-0.15, -0.1) is 11.3 Å². The molecule has 1 N–H and O–H groups in total. The lowest BCUT2D eigenvalue weighted by molar-refractivity contribution is 0.0942. The number of para-hydroxylation sites is 1. The van der Waals surface area contributed by atoms with E-state index in [2.05, 4.69) is 10.2 Å². The van der Waals surface area contributed by atoms with Gasteiger partial charge in [0.2, 0.25) is 0 Å². The number of aromatic nitrogens is 2. The number of hydrogen-bond donors (Lipinski definition) is 1. The van der Waals surface area contributed by atoms with Crippen LogP contribution in [0.4, 0.5) is 0 Å². The van der Waals surface area contributed by atoms with E-state index in [0.29, 0.717) is 17.8 Å². The molecule has 1 amide bonds. The fraction of sp³-hybridized carbons (Fsp3) is 0.200. The molecule has 0 fully saturated rings. The van der Waals surface area contributed by atoms with E-state index < -0.39 is 0 Å². The van der Waals surface area contributed by atoms with Crippen molar-refractivity contribution in [3.63, 3.8) is 0 Å². The van der Waals surface area contributed by atoms with Crippen LogP contribution in [-0.2, 0) is 0 Å². The molecule has 32 heavy (non-hydrogen) atoms. The molecule has 0 unspecified atom stereocenters. The van der Waals surface area contributed by atoms with Gasteiger partial charge in [-0.2, -0.15) is 5.10 Å². The van der Waals surface area contributed by atoms with Crippen molar-refractivity contribution in [3.05, 3.63) is 89.4 Å². The summed E-state index contributed by atoms with van der Waals surface area (Å²) in [4.78, 5) is 16.3. The molecular formula is C25H26N4O2S. The zero-order valence-electron chi connectivity index (χ0n) is 18.4. The highest BCUT2D eigenvalue weighted by Crippen LogP contribution is 2.28. The van der Waals surface area contributed by atoms with Gasteiger partial charge in [0.25, 0.3) is 5.91 Å². The Morgan fingerprint density at radius 3 is 2.62 bits per heavy atom. The van der Waals surface area contributed by atoms with Crippen LogP contribution in [0.3, 0.4) is 0 Å². The first-order valence-corrected chi connectivity index (χ1v) is 11.2. The molecule has 0 saturated heterocycles. The first-order chi connectivity index (χ1) is 15.6. The molecule has 0 aliphatic rings. The number of benzene rings is 2. The van der Waals surface area contributed by atoms with E-state index in [1.807, 2.05) is 86.2 Å². The van der Waals surface area contributed by atoms with Gasteiger partial charge in [0.1, 0.15) is 11.4 Å². The summed E-state index contributed by atoms with van der Waals surface area (Å²) in [6.45, 7) is 0.458. The average Bonchev–Trinajstić information content (AvgIpc) is 3.50. The van der Waals surface area contributed by atoms with E-state index in [1.165, 1.54) is 0 Å². The minimum atomic E-state index is -0.148. The Morgan fingerprint density at radius 1 is 1.12 bits per heavy atom. The van der Waals surface area contributed by atoms with E-state index in [0.717, 1.165) is 21.9 Å². The quantitative estimate of drug-likeness (QED) is 0.428. The van der Waals surface area contributed by atoms with Gasteiger partial charge in [0.15, 0.2) is 0 Å². The largest absolute Gasteiger partial charge is 0.497 e. The number of thiophene rings is 1. The summed E-state index contributed by atoms with van der Waals surface area (Å²) < 4.78 is 7.13. The molecule has 7 heteroatoms. The monoisotopic (exact) mass is 446 g/mol.